The number of para-hydroxylation sites is 1. The van der Waals surface area contributed by atoms with Crippen LogP contribution in [0.15, 0.2) is 47.7 Å². The van der Waals surface area contributed by atoms with Gasteiger partial charge in [0, 0.05) is 39.1 Å². The van der Waals surface area contributed by atoms with Crippen LogP contribution in [-0.4, -0.2) is 53.9 Å². The molecule has 2 atom stereocenters. The molecule has 1 N–H and O–H groups in total. The highest BCUT2D eigenvalue weighted by Gasteiger charge is 2.36. The van der Waals surface area contributed by atoms with Crippen LogP contribution in [0.2, 0.25) is 0 Å². The van der Waals surface area contributed by atoms with Crippen molar-refractivity contribution >= 4 is 11.9 Å². The third kappa shape index (κ3) is 3.71. The van der Waals surface area contributed by atoms with Crippen LogP contribution in [-0.2, 0) is 16.1 Å². The fourth-order valence-electron chi connectivity index (χ4n) is 3.40. The highest BCUT2D eigenvalue weighted by atomic mass is 16.5. The number of methoxy groups -OCH3 is 1. The average molecular weight is 355 g/mol. The van der Waals surface area contributed by atoms with Gasteiger partial charge in [-0.1, -0.05) is 25.1 Å². The summed E-state index contributed by atoms with van der Waals surface area (Å²) in [6.45, 7) is 4.09. The molecule has 1 aromatic heterocycles. The maximum absolute atomic E-state index is 11.9. The molecule has 1 aliphatic heterocycles. The van der Waals surface area contributed by atoms with Crippen molar-refractivity contribution in [3.8, 4) is 5.69 Å². The number of rotatable bonds is 4. The predicted octanol–water partition coefficient (Wildman–Crippen LogP) is 1.69. The number of aliphatic imine (C=N–C) groups is 1. The number of aromatic nitrogens is 2. The van der Waals surface area contributed by atoms with Gasteiger partial charge in [0.05, 0.1) is 18.7 Å². The highest BCUT2D eigenvalue weighted by Crippen LogP contribution is 2.24. The summed E-state index contributed by atoms with van der Waals surface area (Å²) in [7, 11) is 3.20. The first-order valence-electron chi connectivity index (χ1n) is 8.75. The van der Waals surface area contributed by atoms with E-state index in [2.05, 4.69) is 33.3 Å². The number of guanidine groups is 1. The third-order valence-electron chi connectivity index (χ3n) is 4.81. The smallest absolute Gasteiger partial charge is 0.310 e. The standard InChI is InChI=1S/C19H25N5O2/c1-14-12-23(13-16(14)18(25)26-3)19(20-2)21-11-15-7-4-5-8-17(15)24-10-6-9-22-24/h4-10,14,16H,11-13H2,1-3H3,(H,20,21). The Morgan fingerprint density at radius 2 is 2.15 bits per heavy atom. The summed E-state index contributed by atoms with van der Waals surface area (Å²) in [6, 6.07) is 10.0. The summed E-state index contributed by atoms with van der Waals surface area (Å²) in [6.07, 6.45) is 3.69. The Morgan fingerprint density at radius 1 is 1.35 bits per heavy atom. The molecule has 2 unspecified atom stereocenters. The van der Waals surface area contributed by atoms with Crippen molar-refractivity contribution in [1.82, 2.24) is 20.0 Å². The van der Waals surface area contributed by atoms with Gasteiger partial charge in [0.1, 0.15) is 0 Å². The molecule has 2 aromatic rings. The monoisotopic (exact) mass is 355 g/mol. The van der Waals surface area contributed by atoms with Gasteiger partial charge < -0.3 is 15.0 Å². The average Bonchev–Trinajstić information content (AvgIpc) is 3.32. The largest absolute Gasteiger partial charge is 0.469 e. The molecular weight excluding hydrogens is 330 g/mol. The number of likely N-dealkylation sites (tertiary alicyclic amines) is 1. The number of nitrogens with zero attached hydrogens (tertiary/aromatic N) is 4. The summed E-state index contributed by atoms with van der Waals surface area (Å²) in [5.74, 6) is 0.755. The van der Waals surface area contributed by atoms with Crippen LogP contribution < -0.4 is 5.32 Å². The molecule has 0 bridgehead atoms. The molecule has 3 rings (SSSR count). The van der Waals surface area contributed by atoms with Gasteiger partial charge in [0.15, 0.2) is 5.96 Å². The molecule has 1 fully saturated rings. The van der Waals surface area contributed by atoms with Crippen molar-refractivity contribution in [2.75, 3.05) is 27.2 Å². The minimum absolute atomic E-state index is 0.116. The Hall–Kier alpha value is -2.83. The first kappa shape index (κ1) is 18.0. The zero-order valence-corrected chi connectivity index (χ0v) is 15.4. The number of carbonyl (C=O) groups is 1. The molecule has 26 heavy (non-hydrogen) atoms. The van der Waals surface area contributed by atoms with Crippen molar-refractivity contribution in [2.24, 2.45) is 16.8 Å². The van der Waals surface area contributed by atoms with Gasteiger partial charge in [-0.05, 0) is 23.6 Å². The molecule has 1 aromatic carbocycles. The number of hydrogen-bond acceptors (Lipinski definition) is 4. The fourth-order valence-corrected chi connectivity index (χ4v) is 3.40. The van der Waals surface area contributed by atoms with Gasteiger partial charge in [-0.3, -0.25) is 9.79 Å². The van der Waals surface area contributed by atoms with Crippen LogP contribution in [0, 0.1) is 11.8 Å². The molecule has 138 valence electrons. The number of nitrogens with one attached hydrogen (secondary N) is 1. The van der Waals surface area contributed by atoms with E-state index in [0.717, 1.165) is 23.8 Å². The van der Waals surface area contributed by atoms with Crippen molar-refractivity contribution < 1.29 is 9.53 Å². The minimum Gasteiger partial charge on any atom is -0.469 e. The lowest BCUT2D eigenvalue weighted by Crippen LogP contribution is -2.40. The van der Waals surface area contributed by atoms with Crippen molar-refractivity contribution in [3.05, 3.63) is 48.3 Å². The zero-order valence-electron chi connectivity index (χ0n) is 15.4. The van der Waals surface area contributed by atoms with Crippen LogP contribution in [0.1, 0.15) is 12.5 Å². The number of benzene rings is 1. The topological polar surface area (TPSA) is 71.8 Å². The Morgan fingerprint density at radius 3 is 2.85 bits per heavy atom. The van der Waals surface area contributed by atoms with Crippen molar-refractivity contribution in [3.63, 3.8) is 0 Å². The van der Waals surface area contributed by atoms with Crippen molar-refractivity contribution in [2.45, 2.75) is 13.5 Å². The predicted molar refractivity (Wildman–Crippen MR) is 100 cm³/mol. The van der Waals surface area contributed by atoms with Gasteiger partial charge in [-0.15, -0.1) is 0 Å². The van der Waals surface area contributed by atoms with Gasteiger partial charge in [0.2, 0.25) is 0 Å². The summed E-state index contributed by atoms with van der Waals surface area (Å²) in [5, 5.41) is 7.73. The molecule has 1 aliphatic rings. The summed E-state index contributed by atoms with van der Waals surface area (Å²) in [5.41, 5.74) is 2.15. The Bertz CT molecular complexity index is 772. The van der Waals surface area contributed by atoms with Crippen LogP contribution in [0.25, 0.3) is 5.69 Å². The van der Waals surface area contributed by atoms with Crippen molar-refractivity contribution in [1.29, 1.82) is 0 Å². The second kappa shape index (κ2) is 8.03. The molecule has 0 radical (unpaired) electrons. The fraction of sp³-hybridized carbons (Fsp3) is 0.421. The van der Waals surface area contributed by atoms with E-state index in [-0.39, 0.29) is 17.8 Å². The first-order chi connectivity index (χ1) is 12.6. The van der Waals surface area contributed by atoms with E-state index in [4.69, 9.17) is 4.74 Å². The highest BCUT2D eigenvalue weighted by molar-refractivity contribution is 5.82. The molecule has 7 heteroatoms. The maximum Gasteiger partial charge on any atom is 0.310 e. The van der Waals surface area contributed by atoms with E-state index < -0.39 is 0 Å². The van der Waals surface area contributed by atoms with Crippen LogP contribution >= 0.6 is 0 Å². The van der Waals surface area contributed by atoms with Gasteiger partial charge in [-0.25, -0.2) is 4.68 Å². The second-order valence-corrected chi connectivity index (χ2v) is 6.49. The van der Waals surface area contributed by atoms with Gasteiger partial charge >= 0.3 is 5.97 Å². The van der Waals surface area contributed by atoms with E-state index in [1.807, 2.05) is 35.1 Å². The van der Waals surface area contributed by atoms with E-state index in [1.165, 1.54) is 7.11 Å². The van der Waals surface area contributed by atoms with E-state index in [1.54, 1.807) is 13.2 Å². The van der Waals surface area contributed by atoms with E-state index in [9.17, 15) is 4.79 Å². The third-order valence-corrected chi connectivity index (χ3v) is 4.81. The molecule has 0 aliphatic carbocycles. The molecule has 1 saturated heterocycles. The minimum atomic E-state index is -0.153. The Labute approximate surface area is 153 Å². The Balaban J connectivity index is 1.69. The molecule has 0 spiro atoms. The van der Waals surface area contributed by atoms with Crippen LogP contribution in [0.3, 0.4) is 0 Å². The van der Waals surface area contributed by atoms with Gasteiger partial charge in [0.25, 0.3) is 0 Å². The zero-order chi connectivity index (χ0) is 18.5. The van der Waals surface area contributed by atoms with Crippen LogP contribution in [0.5, 0.6) is 0 Å². The Kier molecular flexibility index (Phi) is 5.55. The first-order valence-corrected chi connectivity index (χ1v) is 8.75. The molecule has 2 heterocycles. The summed E-state index contributed by atoms with van der Waals surface area (Å²) in [4.78, 5) is 18.4. The number of ether oxygens (including phenoxy) is 1. The van der Waals surface area contributed by atoms with E-state index >= 15 is 0 Å². The van der Waals surface area contributed by atoms with Crippen LogP contribution in [0.4, 0.5) is 0 Å². The lowest BCUT2D eigenvalue weighted by Gasteiger charge is -2.22. The lowest BCUT2D eigenvalue weighted by atomic mass is 9.99. The lowest BCUT2D eigenvalue weighted by molar-refractivity contribution is -0.145. The molecule has 7 nitrogen and oxygen atoms in total. The van der Waals surface area contributed by atoms with E-state index in [0.29, 0.717) is 13.1 Å². The maximum atomic E-state index is 11.9. The number of carbonyl (C=O) groups excluding carboxylic acids is 1. The number of esters is 1. The quantitative estimate of drug-likeness (QED) is 0.513. The normalized spacial score (nSPS) is 20.3. The summed E-state index contributed by atoms with van der Waals surface area (Å²) >= 11 is 0. The molecular formula is C19H25N5O2. The molecule has 0 saturated carbocycles. The summed E-state index contributed by atoms with van der Waals surface area (Å²) < 4.78 is 6.77. The van der Waals surface area contributed by atoms with Gasteiger partial charge in [-0.2, -0.15) is 5.10 Å². The molecule has 0 amide bonds. The second-order valence-electron chi connectivity index (χ2n) is 6.49. The number of hydrogen-bond donors (Lipinski definition) is 1. The SMILES string of the molecule is CN=C(NCc1ccccc1-n1cccn1)N1CC(C)C(C(=O)OC)C1.